The first-order chi connectivity index (χ1) is 15.0. The number of piperazine rings is 1. The quantitative estimate of drug-likeness (QED) is 0.459. The van der Waals surface area contributed by atoms with Crippen LogP contribution in [0.3, 0.4) is 0 Å². The molecule has 1 unspecified atom stereocenters. The molecule has 1 N–H and O–H groups in total. The summed E-state index contributed by atoms with van der Waals surface area (Å²) in [5.74, 6) is 0. The Hall–Kier alpha value is -3.38. The molecule has 160 valence electrons. The molecule has 6 nitrogen and oxygen atoms in total. The summed E-state index contributed by atoms with van der Waals surface area (Å²) in [7, 11) is 2.12. The van der Waals surface area contributed by atoms with Gasteiger partial charge in [0.2, 0.25) is 0 Å². The molecule has 0 aromatic heterocycles. The van der Waals surface area contributed by atoms with Gasteiger partial charge in [0.1, 0.15) is 5.69 Å². The Balaban J connectivity index is 1.73. The van der Waals surface area contributed by atoms with E-state index in [1.807, 2.05) is 36.4 Å². The number of nitrogens with zero attached hydrogens (tertiary/aromatic N) is 3. The van der Waals surface area contributed by atoms with Crippen LogP contribution in [-0.2, 0) is 0 Å². The minimum absolute atomic E-state index is 0.0893. The average molecular weight is 417 g/mol. The highest BCUT2D eigenvalue weighted by Gasteiger charge is 2.23. The van der Waals surface area contributed by atoms with Crippen molar-refractivity contribution in [3.05, 3.63) is 99.6 Å². The van der Waals surface area contributed by atoms with Gasteiger partial charge in [0.25, 0.3) is 5.69 Å². The van der Waals surface area contributed by atoms with E-state index >= 15 is 0 Å². The standard InChI is InChI=1S/C25H28N4O2/c1-19-7-6-10-21(17-19)25(20-8-4-3-5-9-20)26-23-18-22(11-12-24(23)29(30)31)28-15-13-27(2)14-16-28/h3-12,17-18,25-26H,13-16H2,1-2H3. The van der Waals surface area contributed by atoms with E-state index in [0.717, 1.165) is 48.6 Å². The molecule has 0 spiro atoms. The maximum atomic E-state index is 11.8. The first kappa shape index (κ1) is 20.9. The summed E-state index contributed by atoms with van der Waals surface area (Å²) < 4.78 is 0. The fourth-order valence-electron chi connectivity index (χ4n) is 4.07. The highest BCUT2D eigenvalue weighted by molar-refractivity contribution is 5.70. The van der Waals surface area contributed by atoms with E-state index in [9.17, 15) is 10.1 Å². The SMILES string of the molecule is Cc1cccc(C(Nc2cc(N3CCN(C)CC3)ccc2[N+](=O)[O-])c2ccccc2)c1. The van der Waals surface area contributed by atoms with Crippen LogP contribution in [0.1, 0.15) is 22.7 Å². The molecule has 0 aliphatic carbocycles. The van der Waals surface area contributed by atoms with Gasteiger partial charge in [-0.25, -0.2) is 0 Å². The maximum absolute atomic E-state index is 11.8. The van der Waals surface area contributed by atoms with Crippen LogP contribution >= 0.6 is 0 Å². The zero-order valence-electron chi connectivity index (χ0n) is 18.0. The molecule has 4 rings (SSSR count). The number of hydrogen-bond acceptors (Lipinski definition) is 5. The van der Waals surface area contributed by atoms with E-state index in [0.29, 0.717) is 5.69 Å². The van der Waals surface area contributed by atoms with Crippen molar-refractivity contribution in [1.29, 1.82) is 0 Å². The first-order valence-electron chi connectivity index (χ1n) is 10.6. The Morgan fingerprint density at radius 1 is 0.903 bits per heavy atom. The summed E-state index contributed by atoms with van der Waals surface area (Å²) in [6.45, 7) is 5.84. The lowest BCUT2D eigenvalue weighted by atomic mass is 9.97. The van der Waals surface area contributed by atoms with Crippen molar-refractivity contribution in [1.82, 2.24) is 4.90 Å². The predicted molar refractivity (Wildman–Crippen MR) is 126 cm³/mol. The molecule has 1 heterocycles. The summed E-state index contributed by atoms with van der Waals surface area (Å²) in [5.41, 5.74) is 4.93. The van der Waals surface area contributed by atoms with E-state index in [2.05, 4.69) is 59.4 Å². The van der Waals surface area contributed by atoms with Crippen molar-refractivity contribution >= 4 is 17.1 Å². The second-order valence-corrected chi connectivity index (χ2v) is 8.15. The number of nitro benzene ring substituents is 1. The van der Waals surface area contributed by atoms with E-state index in [1.165, 1.54) is 0 Å². The molecule has 0 amide bonds. The molecule has 0 saturated carbocycles. The number of nitrogens with one attached hydrogen (secondary N) is 1. The Bertz CT molecular complexity index is 1050. The molecule has 1 atom stereocenters. The number of nitro groups is 1. The third-order valence-corrected chi connectivity index (χ3v) is 5.85. The normalized spacial score (nSPS) is 15.5. The van der Waals surface area contributed by atoms with Crippen molar-refractivity contribution in [2.24, 2.45) is 0 Å². The lowest BCUT2D eigenvalue weighted by Crippen LogP contribution is -2.44. The summed E-state index contributed by atoms with van der Waals surface area (Å²) in [6, 6.07) is 23.6. The topological polar surface area (TPSA) is 61.6 Å². The van der Waals surface area contributed by atoms with Crippen LogP contribution in [0, 0.1) is 17.0 Å². The van der Waals surface area contributed by atoms with Gasteiger partial charge in [-0.2, -0.15) is 0 Å². The van der Waals surface area contributed by atoms with Gasteiger partial charge in [0, 0.05) is 37.9 Å². The van der Waals surface area contributed by atoms with Crippen LogP contribution < -0.4 is 10.2 Å². The molecule has 1 fully saturated rings. The zero-order chi connectivity index (χ0) is 21.8. The van der Waals surface area contributed by atoms with Gasteiger partial charge in [-0.3, -0.25) is 10.1 Å². The smallest absolute Gasteiger partial charge is 0.292 e. The van der Waals surface area contributed by atoms with Crippen molar-refractivity contribution in [2.75, 3.05) is 43.4 Å². The van der Waals surface area contributed by atoms with Crippen molar-refractivity contribution < 1.29 is 4.92 Å². The van der Waals surface area contributed by atoms with E-state index in [4.69, 9.17) is 0 Å². The van der Waals surface area contributed by atoms with Crippen LogP contribution in [-0.4, -0.2) is 43.0 Å². The van der Waals surface area contributed by atoms with E-state index in [-0.39, 0.29) is 16.7 Å². The minimum atomic E-state index is -0.311. The number of anilines is 2. The zero-order valence-corrected chi connectivity index (χ0v) is 18.0. The second kappa shape index (κ2) is 9.18. The van der Waals surface area contributed by atoms with E-state index < -0.39 is 0 Å². The molecule has 3 aromatic carbocycles. The van der Waals surface area contributed by atoms with Gasteiger partial charge >= 0.3 is 0 Å². The van der Waals surface area contributed by atoms with Crippen LogP contribution in [0.25, 0.3) is 0 Å². The fraction of sp³-hybridized carbons (Fsp3) is 0.280. The Morgan fingerprint density at radius 3 is 2.29 bits per heavy atom. The monoisotopic (exact) mass is 416 g/mol. The fourth-order valence-corrected chi connectivity index (χ4v) is 4.07. The third-order valence-electron chi connectivity index (χ3n) is 5.85. The number of benzene rings is 3. The summed E-state index contributed by atoms with van der Waals surface area (Å²) in [6.07, 6.45) is 0. The number of likely N-dealkylation sites (N-methyl/N-ethyl adjacent to an activating group) is 1. The molecular weight excluding hydrogens is 388 g/mol. The molecule has 6 heteroatoms. The van der Waals surface area contributed by atoms with Crippen LogP contribution in [0.15, 0.2) is 72.8 Å². The Kier molecular flexibility index (Phi) is 6.18. The van der Waals surface area contributed by atoms with Gasteiger partial charge in [0.05, 0.1) is 11.0 Å². The molecule has 1 saturated heterocycles. The highest BCUT2D eigenvalue weighted by atomic mass is 16.6. The summed E-state index contributed by atoms with van der Waals surface area (Å²) in [4.78, 5) is 16.1. The minimum Gasteiger partial charge on any atom is -0.369 e. The number of rotatable bonds is 6. The molecule has 0 radical (unpaired) electrons. The van der Waals surface area contributed by atoms with Gasteiger partial charge in [-0.05, 0) is 37.2 Å². The van der Waals surface area contributed by atoms with Crippen LogP contribution in [0.5, 0.6) is 0 Å². The second-order valence-electron chi connectivity index (χ2n) is 8.15. The van der Waals surface area contributed by atoms with E-state index in [1.54, 1.807) is 6.07 Å². The molecule has 0 bridgehead atoms. The lowest BCUT2D eigenvalue weighted by Gasteiger charge is -2.34. The Morgan fingerprint density at radius 2 is 1.61 bits per heavy atom. The largest absolute Gasteiger partial charge is 0.369 e. The molecular formula is C25H28N4O2. The molecule has 3 aromatic rings. The van der Waals surface area contributed by atoms with Gasteiger partial charge in [-0.1, -0.05) is 60.2 Å². The van der Waals surface area contributed by atoms with Crippen molar-refractivity contribution in [3.63, 3.8) is 0 Å². The molecule has 1 aliphatic rings. The Labute approximate surface area is 183 Å². The molecule has 1 aliphatic heterocycles. The van der Waals surface area contributed by atoms with Gasteiger partial charge in [-0.15, -0.1) is 0 Å². The van der Waals surface area contributed by atoms with Crippen molar-refractivity contribution in [2.45, 2.75) is 13.0 Å². The first-order valence-corrected chi connectivity index (χ1v) is 10.6. The summed E-state index contributed by atoms with van der Waals surface area (Å²) in [5, 5.41) is 15.3. The van der Waals surface area contributed by atoms with Crippen molar-refractivity contribution in [3.8, 4) is 0 Å². The highest BCUT2D eigenvalue weighted by Crippen LogP contribution is 2.35. The summed E-state index contributed by atoms with van der Waals surface area (Å²) >= 11 is 0. The number of hydrogen-bond donors (Lipinski definition) is 1. The van der Waals surface area contributed by atoms with Gasteiger partial charge in [0.15, 0.2) is 0 Å². The van der Waals surface area contributed by atoms with Crippen LogP contribution in [0.2, 0.25) is 0 Å². The maximum Gasteiger partial charge on any atom is 0.292 e. The van der Waals surface area contributed by atoms with Crippen LogP contribution in [0.4, 0.5) is 17.1 Å². The molecule has 31 heavy (non-hydrogen) atoms. The third kappa shape index (κ3) is 4.86. The lowest BCUT2D eigenvalue weighted by molar-refractivity contribution is -0.384. The van der Waals surface area contributed by atoms with Gasteiger partial charge < -0.3 is 15.1 Å². The number of aryl methyl sites for hydroxylation is 1. The predicted octanol–water partition coefficient (Wildman–Crippen LogP) is 4.86. The average Bonchev–Trinajstić information content (AvgIpc) is 2.78.